The first kappa shape index (κ1) is 12.6. The van der Waals surface area contributed by atoms with Crippen molar-refractivity contribution in [1.82, 2.24) is 5.32 Å². The minimum Gasteiger partial charge on any atom is -0.478 e. The molecule has 0 spiro atoms. The maximum absolute atomic E-state index is 10.7. The molecule has 0 heterocycles. The van der Waals surface area contributed by atoms with Crippen molar-refractivity contribution in [2.75, 3.05) is 4.43 Å². The summed E-state index contributed by atoms with van der Waals surface area (Å²) in [5.41, 5.74) is 3.88. The van der Waals surface area contributed by atoms with E-state index in [-0.39, 0.29) is 6.42 Å². The summed E-state index contributed by atoms with van der Waals surface area (Å²) >= 11 is 2.12. The number of carbonyl (C=O) groups excluding carboxylic acids is 1. The highest BCUT2D eigenvalue weighted by atomic mass is 127. The van der Waals surface area contributed by atoms with Gasteiger partial charge in [-0.1, -0.05) is 22.6 Å². The van der Waals surface area contributed by atoms with Crippen LogP contribution in [0.1, 0.15) is 19.8 Å². The lowest BCUT2D eigenvalue weighted by Gasteiger charge is -2.24. The van der Waals surface area contributed by atoms with E-state index in [2.05, 4.69) is 27.9 Å². The Hall–Kier alpha value is -0.370. The van der Waals surface area contributed by atoms with Crippen LogP contribution in [0, 0.1) is 0 Å². The van der Waals surface area contributed by atoms with E-state index in [4.69, 9.17) is 10.8 Å². The van der Waals surface area contributed by atoms with Gasteiger partial charge in [0, 0.05) is 6.92 Å². The van der Waals surface area contributed by atoms with Crippen molar-refractivity contribution in [3.05, 3.63) is 0 Å². The average Bonchev–Trinajstić information content (AvgIpc) is 1.99. The topological polar surface area (TPSA) is 92.4 Å². The van der Waals surface area contributed by atoms with Gasteiger partial charge >= 0.3 is 5.97 Å². The molecule has 0 unspecified atom stereocenters. The van der Waals surface area contributed by atoms with Crippen molar-refractivity contribution in [2.24, 2.45) is 5.73 Å². The van der Waals surface area contributed by atoms with E-state index in [0.29, 0.717) is 6.42 Å². The molecule has 0 fully saturated rings. The second-order valence-electron chi connectivity index (χ2n) is 2.75. The van der Waals surface area contributed by atoms with Crippen molar-refractivity contribution in [1.29, 1.82) is 0 Å². The van der Waals surface area contributed by atoms with E-state index < -0.39 is 17.5 Å². The summed E-state index contributed by atoms with van der Waals surface area (Å²) in [7, 11) is 0. The number of rotatable bonds is 5. The Morgan fingerprint density at radius 3 is 2.46 bits per heavy atom. The summed E-state index contributed by atoms with van der Waals surface area (Å²) in [5, 5.41) is 11.0. The molecule has 0 aliphatic carbocycles. The first-order valence-electron chi connectivity index (χ1n) is 3.79. The van der Waals surface area contributed by atoms with Gasteiger partial charge in [0.2, 0.25) is 5.91 Å². The third kappa shape index (κ3) is 4.41. The average molecular weight is 300 g/mol. The third-order valence-corrected chi connectivity index (χ3v) is 2.25. The summed E-state index contributed by atoms with van der Waals surface area (Å²) in [6.07, 6.45) is 0.897. The van der Waals surface area contributed by atoms with Crippen molar-refractivity contribution in [2.45, 2.75) is 25.4 Å². The highest BCUT2D eigenvalue weighted by Gasteiger charge is 2.33. The quantitative estimate of drug-likeness (QED) is 0.381. The van der Waals surface area contributed by atoms with E-state index in [0.717, 1.165) is 4.43 Å². The number of nitrogens with one attached hydrogen (secondary N) is 1. The van der Waals surface area contributed by atoms with Gasteiger partial charge in [-0.3, -0.25) is 10.5 Å². The fourth-order valence-electron chi connectivity index (χ4n) is 0.883. The molecule has 0 saturated heterocycles. The Labute approximate surface area is 90.2 Å². The number of alkyl halides is 1. The van der Waals surface area contributed by atoms with Crippen molar-refractivity contribution in [3.8, 4) is 0 Å². The number of halogens is 1. The number of amides is 1. The Kier molecular flexibility index (Phi) is 5.23. The van der Waals surface area contributed by atoms with Crippen LogP contribution in [-0.4, -0.2) is 27.1 Å². The predicted octanol–water partition coefficient (Wildman–Crippen LogP) is 0.0773. The summed E-state index contributed by atoms with van der Waals surface area (Å²) in [6, 6.07) is 0. The molecule has 76 valence electrons. The minimum atomic E-state index is -1.61. The Morgan fingerprint density at radius 1 is 1.62 bits per heavy atom. The molecule has 0 aromatic rings. The predicted molar refractivity (Wildman–Crippen MR) is 56.5 cm³/mol. The van der Waals surface area contributed by atoms with Crippen LogP contribution in [0.3, 0.4) is 0 Å². The minimum absolute atomic E-state index is 0.241. The van der Waals surface area contributed by atoms with Crippen LogP contribution in [0.2, 0.25) is 0 Å². The standard InChI is InChI=1S/C7H13IN2O3/c1-5(11)10-7(9,6(12)13)3-2-4-8/h2-4,9H2,1H3,(H,10,11)(H,12,13)/t7-/m0/s1. The van der Waals surface area contributed by atoms with E-state index in [1.165, 1.54) is 6.92 Å². The van der Waals surface area contributed by atoms with E-state index in [1.807, 2.05) is 0 Å². The zero-order chi connectivity index (χ0) is 10.5. The first-order chi connectivity index (χ1) is 5.92. The van der Waals surface area contributed by atoms with Gasteiger partial charge in [-0.15, -0.1) is 0 Å². The van der Waals surface area contributed by atoms with Crippen LogP contribution in [0.25, 0.3) is 0 Å². The highest BCUT2D eigenvalue weighted by molar-refractivity contribution is 14.1. The number of carbonyl (C=O) groups is 2. The summed E-state index contributed by atoms with van der Waals surface area (Å²) in [6.45, 7) is 1.24. The number of hydrogen-bond acceptors (Lipinski definition) is 3. The first-order valence-corrected chi connectivity index (χ1v) is 5.32. The fourth-order valence-corrected chi connectivity index (χ4v) is 1.26. The van der Waals surface area contributed by atoms with E-state index >= 15 is 0 Å². The number of carboxylic acids is 1. The van der Waals surface area contributed by atoms with Crippen LogP contribution in [0.5, 0.6) is 0 Å². The molecule has 1 amide bonds. The van der Waals surface area contributed by atoms with Gasteiger partial charge in [-0.05, 0) is 17.3 Å². The number of hydrogen-bond donors (Lipinski definition) is 3. The fraction of sp³-hybridized carbons (Fsp3) is 0.714. The maximum atomic E-state index is 10.7. The highest BCUT2D eigenvalue weighted by Crippen LogP contribution is 2.08. The third-order valence-electron chi connectivity index (χ3n) is 1.49. The van der Waals surface area contributed by atoms with Crippen LogP contribution < -0.4 is 11.1 Å². The monoisotopic (exact) mass is 300 g/mol. The molecule has 0 rings (SSSR count). The molecule has 0 aromatic heterocycles. The molecular formula is C7H13IN2O3. The molecule has 0 aliphatic heterocycles. The summed E-state index contributed by atoms with van der Waals surface area (Å²) in [5.74, 6) is -1.63. The molecule has 0 radical (unpaired) electrons. The molecule has 5 nitrogen and oxygen atoms in total. The maximum Gasteiger partial charge on any atom is 0.344 e. The van der Waals surface area contributed by atoms with Crippen molar-refractivity contribution < 1.29 is 14.7 Å². The number of carboxylic acid groups (broad SMARTS) is 1. The van der Waals surface area contributed by atoms with Gasteiger partial charge in [0.05, 0.1) is 0 Å². The SMILES string of the molecule is CC(=O)N[C@@](N)(CCCI)C(=O)O. The van der Waals surface area contributed by atoms with Crippen LogP contribution in [0.4, 0.5) is 0 Å². The summed E-state index contributed by atoms with van der Waals surface area (Å²) in [4.78, 5) is 21.4. The van der Waals surface area contributed by atoms with E-state index in [9.17, 15) is 9.59 Å². The van der Waals surface area contributed by atoms with Crippen molar-refractivity contribution in [3.63, 3.8) is 0 Å². The Morgan fingerprint density at radius 2 is 2.15 bits per heavy atom. The normalized spacial score (nSPS) is 14.7. The molecule has 13 heavy (non-hydrogen) atoms. The second kappa shape index (κ2) is 5.38. The summed E-state index contributed by atoms with van der Waals surface area (Å²) < 4.78 is 0.809. The second-order valence-corrected chi connectivity index (χ2v) is 3.83. The lowest BCUT2D eigenvalue weighted by atomic mass is 10.1. The molecule has 0 saturated carbocycles. The molecule has 6 heteroatoms. The molecule has 0 aliphatic rings. The van der Waals surface area contributed by atoms with Gasteiger partial charge < -0.3 is 10.4 Å². The van der Waals surface area contributed by atoms with Crippen LogP contribution in [0.15, 0.2) is 0 Å². The van der Waals surface area contributed by atoms with Gasteiger partial charge in [0.1, 0.15) is 0 Å². The zero-order valence-electron chi connectivity index (χ0n) is 7.34. The Bertz CT molecular complexity index is 210. The molecule has 0 aromatic carbocycles. The number of aliphatic carboxylic acids is 1. The van der Waals surface area contributed by atoms with Crippen molar-refractivity contribution >= 4 is 34.5 Å². The molecule has 0 bridgehead atoms. The van der Waals surface area contributed by atoms with Gasteiger partial charge in [-0.25, -0.2) is 4.79 Å². The molecular weight excluding hydrogens is 287 g/mol. The number of nitrogens with two attached hydrogens (primary N) is 1. The molecule has 4 N–H and O–H groups in total. The lowest BCUT2D eigenvalue weighted by Crippen LogP contribution is -2.61. The van der Waals surface area contributed by atoms with E-state index in [1.54, 1.807) is 0 Å². The van der Waals surface area contributed by atoms with Gasteiger partial charge in [0.25, 0.3) is 0 Å². The largest absolute Gasteiger partial charge is 0.478 e. The van der Waals surface area contributed by atoms with Crippen LogP contribution in [-0.2, 0) is 9.59 Å². The molecule has 1 atom stereocenters. The smallest absolute Gasteiger partial charge is 0.344 e. The Balaban J connectivity index is 4.34. The van der Waals surface area contributed by atoms with Crippen LogP contribution >= 0.6 is 22.6 Å². The van der Waals surface area contributed by atoms with Gasteiger partial charge in [0.15, 0.2) is 5.66 Å². The zero-order valence-corrected chi connectivity index (χ0v) is 9.50. The van der Waals surface area contributed by atoms with Gasteiger partial charge in [-0.2, -0.15) is 0 Å². The lowest BCUT2D eigenvalue weighted by molar-refractivity contribution is -0.147.